The van der Waals surface area contributed by atoms with Gasteiger partial charge in [0.25, 0.3) is 0 Å². The highest BCUT2D eigenvalue weighted by Crippen LogP contribution is 2.21. The first-order valence-electron chi connectivity index (χ1n) is 4.75. The van der Waals surface area contributed by atoms with Crippen molar-refractivity contribution in [2.45, 2.75) is 18.9 Å². The van der Waals surface area contributed by atoms with Gasteiger partial charge in [0.05, 0.1) is 5.60 Å². The van der Waals surface area contributed by atoms with Crippen LogP contribution in [-0.2, 0) is 6.42 Å². The fraction of sp³-hybridized carbons (Fsp3) is 0.455. The summed E-state index contributed by atoms with van der Waals surface area (Å²) in [6, 6.07) is 4.16. The summed E-state index contributed by atoms with van der Waals surface area (Å²) in [7, 11) is 1.75. The van der Waals surface area contributed by atoms with Crippen LogP contribution in [-0.4, -0.2) is 24.3 Å². The van der Waals surface area contributed by atoms with Crippen molar-refractivity contribution in [1.82, 2.24) is 5.32 Å². The summed E-state index contributed by atoms with van der Waals surface area (Å²) >= 11 is 5.90. The zero-order valence-electron chi connectivity index (χ0n) is 8.85. The summed E-state index contributed by atoms with van der Waals surface area (Å²) in [6.07, 6.45) is 0.324. The SMILES string of the molecule is CNCC(C)(O)Cc1cc(F)ccc1Cl. The molecule has 0 radical (unpaired) electrons. The van der Waals surface area contributed by atoms with Crippen LogP contribution in [0, 0.1) is 5.82 Å². The first-order valence-corrected chi connectivity index (χ1v) is 5.13. The minimum atomic E-state index is -0.924. The Hall–Kier alpha value is -0.640. The van der Waals surface area contributed by atoms with Gasteiger partial charge in [-0.15, -0.1) is 0 Å². The second-order valence-electron chi connectivity index (χ2n) is 3.94. The molecule has 0 aliphatic heterocycles. The molecule has 0 bridgehead atoms. The molecule has 15 heavy (non-hydrogen) atoms. The van der Waals surface area contributed by atoms with Crippen molar-refractivity contribution in [2.24, 2.45) is 0 Å². The number of benzene rings is 1. The molecule has 0 spiro atoms. The topological polar surface area (TPSA) is 32.3 Å². The molecular formula is C11H15ClFNO. The third-order valence-electron chi connectivity index (χ3n) is 2.14. The van der Waals surface area contributed by atoms with E-state index in [4.69, 9.17) is 11.6 Å². The predicted octanol–water partition coefficient (Wildman–Crippen LogP) is 1.99. The molecule has 0 amide bonds. The Labute approximate surface area is 94.1 Å². The van der Waals surface area contributed by atoms with E-state index in [1.807, 2.05) is 0 Å². The van der Waals surface area contributed by atoms with Gasteiger partial charge in [0.1, 0.15) is 5.82 Å². The molecule has 1 aromatic carbocycles. The minimum Gasteiger partial charge on any atom is -0.389 e. The van der Waals surface area contributed by atoms with Gasteiger partial charge in [-0.2, -0.15) is 0 Å². The fourth-order valence-electron chi connectivity index (χ4n) is 1.53. The van der Waals surface area contributed by atoms with E-state index in [0.717, 1.165) is 0 Å². The molecule has 2 nitrogen and oxygen atoms in total. The molecule has 1 atom stereocenters. The molecule has 1 aromatic rings. The molecule has 0 heterocycles. The quantitative estimate of drug-likeness (QED) is 0.831. The van der Waals surface area contributed by atoms with E-state index in [-0.39, 0.29) is 5.82 Å². The van der Waals surface area contributed by atoms with Crippen molar-refractivity contribution in [2.75, 3.05) is 13.6 Å². The average molecular weight is 232 g/mol. The lowest BCUT2D eigenvalue weighted by Gasteiger charge is -2.23. The lowest BCUT2D eigenvalue weighted by atomic mass is 9.96. The third kappa shape index (κ3) is 3.78. The van der Waals surface area contributed by atoms with Crippen LogP contribution in [0.1, 0.15) is 12.5 Å². The molecule has 1 rings (SSSR count). The Morgan fingerprint density at radius 2 is 2.20 bits per heavy atom. The minimum absolute atomic E-state index is 0.324. The third-order valence-corrected chi connectivity index (χ3v) is 2.51. The molecule has 1 unspecified atom stereocenters. The van der Waals surface area contributed by atoms with Crippen molar-refractivity contribution < 1.29 is 9.50 Å². The summed E-state index contributed by atoms with van der Waals surface area (Å²) in [6.45, 7) is 2.12. The molecule has 0 saturated heterocycles. The number of hydrogen-bond donors (Lipinski definition) is 2. The maximum atomic E-state index is 13.0. The summed E-state index contributed by atoms with van der Waals surface area (Å²) < 4.78 is 13.0. The van der Waals surface area contributed by atoms with Crippen LogP contribution >= 0.6 is 11.6 Å². The van der Waals surface area contributed by atoms with Crippen LogP contribution in [0.4, 0.5) is 4.39 Å². The van der Waals surface area contributed by atoms with Crippen molar-refractivity contribution in [3.8, 4) is 0 Å². The van der Waals surface area contributed by atoms with E-state index >= 15 is 0 Å². The van der Waals surface area contributed by atoms with Gasteiger partial charge in [-0.1, -0.05) is 11.6 Å². The number of likely N-dealkylation sites (N-methyl/N-ethyl adjacent to an activating group) is 1. The summed E-state index contributed by atoms with van der Waals surface area (Å²) in [5.74, 6) is -0.338. The number of halogens is 2. The first-order chi connectivity index (χ1) is 6.94. The molecule has 0 aromatic heterocycles. The van der Waals surface area contributed by atoms with E-state index in [1.54, 1.807) is 14.0 Å². The van der Waals surface area contributed by atoms with Crippen LogP contribution < -0.4 is 5.32 Å². The highest BCUT2D eigenvalue weighted by molar-refractivity contribution is 6.31. The van der Waals surface area contributed by atoms with Gasteiger partial charge in [0.15, 0.2) is 0 Å². The highest BCUT2D eigenvalue weighted by atomic mass is 35.5. The zero-order valence-corrected chi connectivity index (χ0v) is 9.61. The maximum absolute atomic E-state index is 13.0. The Morgan fingerprint density at radius 1 is 1.53 bits per heavy atom. The zero-order chi connectivity index (χ0) is 11.5. The monoisotopic (exact) mass is 231 g/mol. The van der Waals surface area contributed by atoms with Crippen LogP contribution in [0.25, 0.3) is 0 Å². The van der Waals surface area contributed by atoms with E-state index in [2.05, 4.69) is 5.32 Å². The summed E-state index contributed by atoms with van der Waals surface area (Å²) in [5.41, 5.74) is -0.302. The van der Waals surface area contributed by atoms with Crippen LogP contribution in [0.2, 0.25) is 5.02 Å². The summed E-state index contributed by atoms with van der Waals surface area (Å²) in [5, 5.41) is 13.3. The van der Waals surface area contributed by atoms with E-state index in [1.165, 1.54) is 18.2 Å². The van der Waals surface area contributed by atoms with Gasteiger partial charge >= 0.3 is 0 Å². The Bertz CT molecular complexity index is 341. The molecular weight excluding hydrogens is 217 g/mol. The predicted molar refractivity (Wildman–Crippen MR) is 59.7 cm³/mol. The maximum Gasteiger partial charge on any atom is 0.123 e. The lowest BCUT2D eigenvalue weighted by molar-refractivity contribution is 0.0622. The van der Waals surface area contributed by atoms with Gasteiger partial charge < -0.3 is 10.4 Å². The van der Waals surface area contributed by atoms with Crippen molar-refractivity contribution in [3.63, 3.8) is 0 Å². The molecule has 0 fully saturated rings. The van der Waals surface area contributed by atoms with Gasteiger partial charge in [-0.05, 0) is 37.7 Å². The standard InChI is InChI=1S/C11H15ClFNO/c1-11(15,7-14-2)6-8-5-9(13)3-4-10(8)12/h3-5,14-15H,6-7H2,1-2H3. The molecule has 0 aliphatic rings. The first kappa shape index (κ1) is 12.4. The normalized spacial score (nSPS) is 15.0. The smallest absolute Gasteiger partial charge is 0.123 e. The second-order valence-corrected chi connectivity index (χ2v) is 4.35. The van der Waals surface area contributed by atoms with E-state index in [9.17, 15) is 9.50 Å². The van der Waals surface area contributed by atoms with Crippen LogP contribution in [0.15, 0.2) is 18.2 Å². The number of aliphatic hydroxyl groups is 1. The average Bonchev–Trinajstić information content (AvgIpc) is 2.10. The second kappa shape index (κ2) is 4.92. The number of hydrogen-bond acceptors (Lipinski definition) is 2. The lowest BCUT2D eigenvalue weighted by Crippen LogP contribution is -2.38. The van der Waals surface area contributed by atoms with Gasteiger partial charge in [-0.3, -0.25) is 0 Å². The summed E-state index contributed by atoms with van der Waals surface area (Å²) in [4.78, 5) is 0. The van der Waals surface area contributed by atoms with Crippen molar-refractivity contribution >= 4 is 11.6 Å². The molecule has 0 aliphatic carbocycles. The van der Waals surface area contributed by atoms with E-state index < -0.39 is 5.60 Å². The largest absolute Gasteiger partial charge is 0.389 e. The molecule has 4 heteroatoms. The van der Waals surface area contributed by atoms with Crippen molar-refractivity contribution in [3.05, 3.63) is 34.6 Å². The van der Waals surface area contributed by atoms with Gasteiger partial charge in [0, 0.05) is 18.0 Å². The molecule has 2 N–H and O–H groups in total. The Balaban J connectivity index is 2.83. The Morgan fingerprint density at radius 3 is 2.80 bits per heavy atom. The Kier molecular flexibility index (Phi) is 4.08. The van der Waals surface area contributed by atoms with Crippen LogP contribution in [0.3, 0.4) is 0 Å². The molecule has 0 saturated carbocycles. The van der Waals surface area contributed by atoms with Gasteiger partial charge in [-0.25, -0.2) is 4.39 Å². The number of nitrogens with one attached hydrogen (secondary N) is 1. The van der Waals surface area contributed by atoms with Crippen LogP contribution in [0.5, 0.6) is 0 Å². The van der Waals surface area contributed by atoms with Gasteiger partial charge in [0.2, 0.25) is 0 Å². The number of rotatable bonds is 4. The molecule has 84 valence electrons. The van der Waals surface area contributed by atoms with E-state index in [0.29, 0.717) is 23.6 Å². The highest BCUT2D eigenvalue weighted by Gasteiger charge is 2.21. The fourth-order valence-corrected chi connectivity index (χ4v) is 1.72. The van der Waals surface area contributed by atoms with Crippen molar-refractivity contribution in [1.29, 1.82) is 0 Å².